The van der Waals surface area contributed by atoms with Crippen LogP contribution in [0.5, 0.6) is 0 Å². The number of nitrogens with two attached hydrogens (primary N) is 1. The van der Waals surface area contributed by atoms with Crippen LogP contribution in [0.15, 0.2) is 36.4 Å². The smallest absolute Gasteiger partial charge is 0.222 e. The first-order valence-electron chi connectivity index (χ1n) is 6.88. The van der Waals surface area contributed by atoms with E-state index in [0.717, 1.165) is 36.6 Å². The first kappa shape index (κ1) is 21.7. The lowest BCUT2D eigenvalue weighted by Crippen LogP contribution is -2.30. The zero-order valence-corrected chi connectivity index (χ0v) is 15.3. The van der Waals surface area contributed by atoms with E-state index in [0.29, 0.717) is 12.0 Å². The summed E-state index contributed by atoms with van der Waals surface area (Å²) in [6, 6.07) is 12.6. The third-order valence-electron chi connectivity index (χ3n) is 3.72. The fourth-order valence-electron chi connectivity index (χ4n) is 2.58. The average Bonchev–Trinajstić information content (AvgIpc) is 2.96. The van der Waals surface area contributed by atoms with Gasteiger partial charge in [-0.15, -0.1) is 37.2 Å². The minimum absolute atomic E-state index is 0. The normalized spacial score (nSPS) is 16.0. The van der Waals surface area contributed by atoms with E-state index in [9.17, 15) is 0 Å². The summed E-state index contributed by atoms with van der Waals surface area (Å²) in [7, 11) is 2.00. The molecule has 1 unspecified atom stereocenters. The quantitative estimate of drug-likeness (QED) is 0.859. The molecule has 0 radical (unpaired) electrons. The molecular weight excluding hydrogens is 357 g/mol. The van der Waals surface area contributed by atoms with E-state index in [4.69, 9.17) is 5.73 Å². The van der Waals surface area contributed by atoms with E-state index >= 15 is 0 Å². The maximum atomic E-state index is 5.87. The number of halogens is 3. The minimum atomic E-state index is 0. The second-order valence-corrected chi connectivity index (χ2v) is 5.06. The van der Waals surface area contributed by atoms with Crippen LogP contribution in [-0.2, 0) is 0 Å². The molecule has 8 heteroatoms. The monoisotopic (exact) mass is 377 g/mol. The molecule has 1 aromatic carbocycles. The van der Waals surface area contributed by atoms with Crippen molar-refractivity contribution >= 4 is 49.0 Å². The molecule has 23 heavy (non-hydrogen) atoms. The number of likely N-dealkylation sites (N-methyl/N-ethyl adjacent to an activating group) is 1. The third-order valence-corrected chi connectivity index (χ3v) is 3.72. The number of hydrogen-bond donors (Lipinski definition) is 2. The molecule has 2 heterocycles. The Morgan fingerprint density at radius 1 is 1.13 bits per heavy atom. The SMILES string of the molecule is CNC1CCN(c2cc(-c3ccccc3)nc(N)n2)C1.Cl.Cl.Cl. The van der Waals surface area contributed by atoms with Crippen molar-refractivity contribution in [3.05, 3.63) is 36.4 Å². The van der Waals surface area contributed by atoms with Crippen molar-refractivity contribution in [3.63, 3.8) is 0 Å². The van der Waals surface area contributed by atoms with Crippen molar-refractivity contribution in [1.29, 1.82) is 0 Å². The van der Waals surface area contributed by atoms with E-state index in [1.165, 1.54) is 0 Å². The van der Waals surface area contributed by atoms with Crippen molar-refractivity contribution in [2.75, 3.05) is 30.8 Å². The molecule has 1 aromatic heterocycles. The number of rotatable bonds is 3. The molecule has 1 aliphatic rings. The summed E-state index contributed by atoms with van der Waals surface area (Å²) >= 11 is 0. The van der Waals surface area contributed by atoms with E-state index in [1.807, 2.05) is 43.4 Å². The number of nitrogens with zero attached hydrogens (tertiary/aromatic N) is 3. The fourth-order valence-corrected chi connectivity index (χ4v) is 2.58. The molecule has 0 aliphatic carbocycles. The highest BCUT2D eigenvalue weighted by molar-refractivity contribution is 5.86. The average molecular weight is 379 g/mol. The molecule has 3 rings (SSSR count). The molecule has 5 nitrogen and oxygen atoms in total. The van der Waals surface area contributed by atoms with Gasteiger partial charge in [-0.3, -0.25) is 0 Å². The number of benzene rings is 1. The number of aromatic nitrogens is 2. The third kappa shape index (κ3) is 5.11. The van der Waals surface area contributed by atoms with Crippen LogP contribution in [0.2, 0.25) is 0 Å². The molecule has 1 atom stereocenters. The second kappa shape index (κ2) is 9.78. The van der Waals surface area contributed by atoms with Gasteiger partial charge in [-0.25, -0.2) is 4.98 Å². The zero-order valence-electron chi connectivity index (χ0n) is 12.8. The Kier molecular flexibility index (Phi) is 9.24. The van der Waals surface area contributed by atoms with Crippen molar-refractivity contribution in [2.45, 2.75) is 12.5 Å². The maximum Gasteiger partial charge on any atom is 0.222 e. The van der Waals surface area contributed by atoms with E-state index in [2.05, 4.69) is 20.2 Å². The molecule has 2 aromatic rings. The Balaban J connectivity index is 0.00000161. The molecule has 0 bridgehead atoms. The lowest BCUT2D eigenvalue weighted by molar-refractivity contribution is 0.616. The maximum absolute atomic E-state index is 5.87. The lowest BCUT2D eigenvalue weighted by atomic mass is 10.1. The first-order valence-corrected chi connectivity index (χ1v) is 6.88. The van der Waals surface area contributed by atoms with Gasteiger partial charge in [-0.1, -0.05) is 30.3 Å². The molecule has 128 valence electrons. The Labute approximate surface area is 155 Å². The molecule has 0 saturated carbocycles. The van der Waals surface area contributed by atoms with Crippen LogP contribution in [0.4, 0.5) is 11.8 Å². The van der Waals surface area contributed by atoms with Crippen LogP contribution >= 0.6 is 37.2 Å². The summed E-state index contributed by atoms with van der Waals surface area (Å²) in [6.45, 7) is 1.96. The van der Waals surface area contributed by atoms with E-state index in [-0.39, 0.29) is 37.2 Å². The van der Waals surface area contributed by atoms with Gasteiger partial charge in [0.15, 0.2) is 0 Å². The summed E-state index contributed by atoms with van der Waals surface area (Å²) in [6.07, 6.45) is 1.13. The standard InChI is InChI=1S/C15H19N5.3ClH/c1-17-12-7-8-20(10-12)14-9-13(18-15(16)19-14)11-5-3-2-4-6-11;;;/h2-6,9,12,17H,7-8,10H2,1H3,(H2,16,18,19);3*1H. The summed E-state index contributed by atoms with van der Waals surface area (Å²) in [5.74, 6) is 1.24. The predicted molar refractivity (Wildman–Crippen MR) is 103 cm³/mol. The van der Waals surface area contributed by atoms with Gasteiger partial charge in [0.25, 0.3) is 0 Å². The number of hydrogen-bond acceptors (Lipinski definition) is 5. The molecular formula is C15H22Cl3N5. The van der Waals surface area contributed by atoms with Crippen LogP contribution in [0.25, 0.3) is 11.3 Å². The van der Waals surface area contributed by atoms with Crippen LogP contribution in [0, 0.1) is 0 Å². The van der Waals surface area contributed by atoms with Gasteiger partial charge in [0.2, 0.25) is 5.95 Å². The Morgan fingerprint density at radius 2 is 1.83 bits per heavy atom. The number of nitrogen functional groups attached to an aromatic ring is 1. The topological polar surface area (TPSA) is 67.1 Å². The lowest BCUT2D eigenvalue weighted by Gasteiger charge is -2.18. The minimum Gasteiger partial charge on any atom is -0.368 e. The number of anilines is 2. The summed E-state index contributed by atoms with van der Waals surface area (Å²) in [5, 5.41) is 3.31. The largest absolute Gasteiger partial charge is 0.368 e. The van der Waals surface area contributed by atoms with Crippen molar-refractivity contribution in [3.8, 4) is 11.3 Å². The van der Waals surface area contributed by atoms with Gasteiger partial charge in [0.1, 0.15) is 5.82 Å². The van der Waals surface area contributed by atoms with E-state index in [1.54, 1.807) is 0 Å². The zero-order chi connectivity index (χ0) is 13.9. The fraction of sp³-hybridized carbons (Fsp3) is 0.333. The van der Waals surface area contributed by atoms with Crippen molar-refractivity contribution in [1.82, 2.24) is 15.3 Å². The van der Waals surface area contributed by atoms with Gasteiger partial charge in [-0.05, 0) is 13.5 Å². The molecule has 0 spiro atoms. The van der Waals surface area contributed by atoms with Gasteiger partial charge in [-0.2, -0.15) is 4.98 Å². The molecule has 1 aliphatic heterocycles. The van der Waals surface area contributed by atoms with E-state index < -0.39 is 0 Å². The van der Waals surface area contributed by atoms with Gasteiger partial charge < -0.3 is 16.0 Å². The van der Waals surface area contributed by atoms with Crippen molar-refractivity contribution in [2.24, 2.45) is 0 Å². The second-order valence-electron chi connectivity index (χ2n) is 5.06. The predicted octanol–water partition coefficient (Wildman–Crippen LogP) is 2.79. The molecule has 0 amide bonds. The summed E-state index contributed by atoms with van der Waals surface area (Å²) < 4.78 is 0. The van der Waals surface area contributed by atoms with Gasteiger partial charge in [0.05, 0.1) is 5.69 Å². The van der Waals surface area contributed by atoms with Gasteiger partial charge >= 0.3 is 0 Å². The molecule has 1 fully saturated rings. The van der Waals surface area contributed by atoms with Crippen LogP contribution in [0.3, 0.4) is 0 Å². The highest BCUT2D eigenvalue weighted by Gasteiger charge is 2.22. The van der Waals surface area contributed by atoms with Gasteiger partial charge in [0, 0.05) is 30.8 Å². The number of nitrogens with one attached hydrogen (secondary N) is 1. The summed E-state index contributed by atoms with van der Waals surface area (Å²) in [4.78, 5) is 11.0. The Morgan fingerprint density at radius 3 is 2.43 bits per heavy atom. The van der Waals surface area contributed by atoms with Crippen LogP contribution in [0.1, 0.15) is 6.42 Å². The van der Waals surface area contributed by atoms with Crippen LogP contribution < -0.4 is 16.0 Å². The molecule has 1 saturated heterocycles. The van der Waals surface area contributed by atoms with Crippen molar-refractivity contribution < 1.29 is 0 Å². The Hall–Kier alpha value is -1.27. The van der Waals surface area contributed by atoms with Crippen LogP contribution in [-0.4, -0.2) is 36.1 Å². The highest BCUT2D eigenvalue weighted by atomic mass is 35.5. The first-order chi connectivity index (χ1) is 9.76. The highest BCUT2D eigenvalue weighted by Crippen LogP contribution is 2.24. The Bertz CT molecular complexity index is 597. The summed E-state index contributed by atoms with van der Waals surface area (Å²) in [5.41, 5.74) is 7.81. The molecule has 3 N–H and O–H groups in total.